The molecule has 0 saturated carbocycles. The van der Waals surface area contributed by atoms with Gasteiger partial charge in [0.2, 0.25) is 0 Å². The molecular weight excluding hydrogens is 176 g/mol. The van der Waals surface area contributed by atoms with Crippen LogP contribution in [0.25, 0.3) is 0 Å². The smallest absolute Gasteiger partial charge is 0.189 e. The first kappa shape index (κ1) is 8.87. The Kier molecular flexibility index (Phi) is 2.26. The zero-order chi connectivity index (χ0) is 9.97. The molecule has 0 saturated heterocycles. The standard InChI is InChI=1S/C10H14N4/c11-8-3-1-2-7(6-8)9-4-5-13-10(12)14-9/h1-3,6,9H,4-5,11H2,(H3,12,13,14). The molecule has 1 aromatic carbocycles. The van der Waals surface area contributed by atoms with E-state index in [2.05, 4.69) is 10.3 Å². The molecule has 4 heteroatoms. The van der Waals surface area contributed by atoms with E-state index >= 15 is 0 Å². The first-order valence-electron chi connectivity index (χ1n) is 4.67. The Morgan fingerprint density at radius 2 is 2.21 bits per heavy atom. The number of aliphatic imine (C=N–C) groups is 1. The van der Waals surface area contributed by atoms with Crippen LogP contribution in [0, 0.1) is 0 Å². The second kappa shape index (κ2) is 3.57. The lowest BCUT2D eigenvalue weighted by atomic mass is 10.0. The normalized spacial score (nSPS) is 21.1. The van der Waals surface area contributed by atoms with Crippen molar-refractivity contribution in [1.29, 1.82) is 0 Å². The maximum atomic E-state index is 5.71. The van der Waals surface area contributed by atoms with Gasteiger partial charge < -0.3 is 16.8 Å². The summed E-state index contributed by atoms with van der Waals surface area (Å²) in [4.78, 5) is 4.08. The Hall–Kier alpha value is -1.71. The van der Waals surface area contributed by atoms with Gasteiger partial charge in [0, 0.05) is 12.2 Å². The van der Waals surface area contributed by atoms with E-state index in [1.807, 2.05) is 24.3 Å². The van der Waals surface area contributed by atoms with Crippen molar-refractivity contribution >= 4 is 11.6 Å². The third-order valence-electron chi connectivity index (χ3n) is 2.34. The van der Waals surface area contributed by atoms with Gasteiger partial charge in [-0.1, -0.05) is 12.1 Å². The fourth-order valence-corrected chi connectivity index (χ4v) is 1.64. The van der Waals surface area contributed by atoms with Gasteiger partial charge in [-0.2, -0.15) is 0 Å². The number of benzene rings is 1. The Labute approximate surface area is 83.0 Å². The van der Waals surface area contributed by atoms with Crippen LogP contribution in [0.3, 0.4) is 0 Å². The van der Waals surface area contributed by atoms with Crippen molar-refractivity contribution in [3.63, 3.8) is 0 Å². The molecule has 1 aliphatic heterocycles. The van der Waals surface area contributed by atoms with E-state index < -0.39 is 0 Å². The molecule has 1 aromatic rings. The molecule has 0 spiro atoms. The van der Waals surface area contributed by atoms with Crippen LogP contribution in [0.4, 0.5) is 5.69 Å². The van der Waals surface area contributed by atoms with Crippen LogP contribution in [-0.4, -0.2) is 12.5 Å². The third-order valence-corrected chi connectivity index (χ3v) is 2.34. The summed E-state index contributed by atoms with van der Waals surface area (Å²) in [6, 6.07) is 8.09. The quantitative estimate of drug-likeness (QED) is 0.568. The Morgan fingerprint density at radius 1 is 1.36 bits per heavy atom. The maximum Gasteiger partial charge on any atom is 0.189 e. The summed E-state index contributed by atoms with van der Waals surface area (Å²) in [5.74, 6) is 0.517. The number of anilines is 1. The van der Waals surface area contributed by atoms with E-state index in [4.69, 9.17) is 11.5 Å². The van der Waals surface area contributed by atoms with Crippen LogP contribution >= 0.6 is 0 Å². The predicted octanol–water partition coefficient (Wildman–Crippen LogP) is 0.618. The topological polar surface area (TPSA) is 76.4 Å². The number of rotatable bonds is 1. The van der Waals surface area contributed by atoms with E-state index in [1.54, 1.807) is 0 Å². The van der Waals surface area contributed by atoms with Crippen molar-refractivity contribution in [3.8, 4) is 0 Å². The molecule has 14 heavy (non-hydrogen) atoms. The Balaban J connectivity index is 2.19. The molecule has 5 N–H and O–H groups in total. The van der Waals surface area contributed by atoms with Crippen LogP contribution in [0.1, 0.15) is 18.0 Å². The average Bonchev–Trinajstić information content (AvgIpc) is 2.18. The average molecular weight is 190 g/mol. The molecule has 0 aliphatic carbocycles. The molecule has 0 aromatic heterocycles. The molecule has 1 heterocycles. The SMILES string of the molecule is NC1=NCCC(c2cccc(N)c2)N1. The molecular formula is C10H14N4. The van der Waals surface area contributed by atoms with Gasteiger partial charge in [-0.25, -0.2) is 0 Å². The summed E-state index contributed by atoms with van der Waals surface area (Å²) in [5.41, 5.74) is 13.3. The number of nitrogens with zero attached hydrogens (tertiary/aromatic N) is 1. The van der Waals surface area contributed by atoms with Crippen molar-refractivity contribution in [3.05, 3.63) is 29.8 Å². The monoisotopic (exact) mass is 190 g/mol. The zero-order valence-corrected chi connectivity index (χ0v) is 7.90. The first-order valence-corrected chi connectivity index (χ1v) is 4.67. The van der Waals surface area contributed by atoms with Crippen LogP contribution < -0.4 is 16.8 Å². The summed E-state index contributed by atoms with van der Waals surface area (Å²) in [6.45, 7) is 0.776. The second-order valence-corrected chi connectivity index (χ2v) is 3.42. The van der Waals surface area contributed by atoms with Crippen molar-refractivity contribution < 1.29 is 0 Å². The van der Waals surface area contributed by atoms with Gasteiger partial charge in [-0.15, -0.1) is 0 Å². The third kappa shape index (κ3) is 1.79. The summed E-state index contributed by atoms with van der Waals surface area (Å²) < 4.78 is 0. The first-order chi connectivity index (χ1) is 6.75. The minimum absolute atomic E-state index is 0.246. The van der Waals surface area contributed by atoms with Gasteiger partial charge in [0.05, 0.1) is 6.04 Å². The minimum atomic E-state index is 0.246. The van der Waals surface area contributed by atoms with Crippen molar-refractivity contribution in [2.24, 2.45) is 10.7 Å². The number of hydrogen-bond acceptors (Lipinski definition) is 4. The van der Waals surface area contributed by atoms with Gasteiger partial charge in [0.1, 0.15) is 0 Å². The number of nitrogens with two attached hydrogens (primary N) is 2. The molecule has 0 bridgehead atoms. The van der Waals surface area contributed by atoms with E-state index in [9.17, 15) is 0 Å². The van der Waals surface area contributed by atoms with E-state index in [-0.39, 0.29) is 6.04 Å². The van der Waals surface area contributed by atoms with Gasteiger partial charge in [-0.05, 0) is 24.1 Å². The Bertz CT molecular complexity index is 359. The summed E-state index contributed by atoms with van der Waals surface area (Å²) >= 11 is 0. The van der Waals surface area contributed by atoms with E-state index in [0.717, 1.165) is 18.7 Å². The molecule has 0 amide bonds. The maximum absolute atomic E-state index is 5.71. The minimum Gasteiger partial charge on any atom is -0.399 e. The lowest BCUT2D eigenvalue weighted by Gasteiger charge is -2.23. The van der Waals surface area contributed by atoms with Gasteiger partial charge in [0.25, 0.3) is 0 Å². The number of nitrogen functional groups attached to an aromatic ring is 1. The van der Waals surface area contributed by atoms with Crippen molar-refractivity contribution in [2.45, 2.75) is 12.5 Å². The Morgan fingerprint density at radius 3 is 2.93 bits per heavy atom. The number of guanidine groups is 1. The summed E-state index contributed by atoms with van der Waals surface area (Å²) in [5, 5.41) is 3.13. The van der Waals surface area contributed by atoms with Crippen LogP contribution in [-0.2, 0) is 0 Å². The van der Waals surface area contributed by atoms with Crippen molar-refractivity contribution in [1.82, 2.24) is 5.32 Å². The highest BCUT2D eigenvalue weighted by molar-refractivity contribution is 5.79. The lowest BCUT2D eigenvalue weighted by molar-refractivity contribution is 0.569. The van der Waals surface area contributed by atoms with Crippen LogP contribution in [0.15, 0.2) is 29.3 Å². The largest absolute Gasteiger partial charge is 0.399 e. The molecule has 2 rings (SSSR count). The van der Waals surface area contributed by atoms with Crippen molar-refractivity contribution in [2.75, 3.05) is 12.3 Å². The molecule has 1 aliphatic rings. The molecule has 1 unspecified atom stereocenters. The van der Waals surface area contributed by atoms with Crippen LogP contribution in [0.5, 0.6) is 0 Å². The molecule has 0 radical (unpaired) electrons. The van der Waals surface area contributed by atoms with Gasteiger partial charge >= 0.3 is 0 Å². The zero-order valence-electron chi connectivity index (χ0n) is 7.90. The fourth-order valence-electron chi connectivity index (χ4n) is 1.64. The molecule has 4 nitrogen and oxygen atoms in total. The number of nitrogens with one attached hydrogen (secondary N) is 1. The predicted molar refractivity (Wildman–Crippen MR) is 57.8 cm³/mol. The number of hydrogen-bond donors (Lipinski definition) is 3. The summed E-state index contributed by atoms with van der Waals surface area (Å²) in [7, 11) is 0. The van der Waals surface area contributed by atoms with Gasteiger partial charge in [0.15, 0.2) is 5.96 Å². The lowest BCUT2D eigenvalue weighted by Crippen LogP contribution is -2.38. The van der Waals surface area contributed by atoms with E-state index in [1.165, 1.54) is 5.56 Å². The molecule has 0 fully saturated rings. The molecule has 1 atom stereocenters. The second-order valence-electron chi connectivity index (χ2n) is 3.42. The van der Waals surface area contributed by atoms with Gasteiger partial charge in [-0.3, -0.25) is 4.99 Å². The highest BCUT2D eigenvalue weighted by Gasteiger charge is 2.15. The highest BCUT2D eigenvalue weighted by atomic mass is 15.1. The fraction of sp³-hybridized carbons (Fsp3) is 0.300. The van der Waals surface area contributed by atoms with Crippen LogP contribution in [0.2, 0.25) is 0 Å². The van der Waals surface area contributed by atoms with E-state index in [0.29, 0.717) is 5.96 Å². The molecule has 74 valence electrons. The summed E-state index contributed by atoms with van der Waals surface area (Å²) in [6.07, 6.45) is 0.962. The highest BCUT2D eigenvalue weighted by Crippen LogP contribution is 2.20.